The van der Waals surface area contributed by atoms with Crippen molar-refractivity contribution in [1.29, 1.82) is 0 Å². The van der Waals surface area contributed by atoms with Gasteiger partial charge in [-0.05, 0) is 44.4 Å². The molecule has 7 heteroatoms. The molecule has 3 N–H and O–H groups in total. The fourth-order valence-corrected chi connectivity index (χ4v) is 3.14. The maximum absolute atomic E-state index is 11.2. The summed E-state index contributed by atoms with van der Waals surface area (Å²) in [6.07, 6.45) is 4.59. The van der Waals surface area contributed by atoms with E-state index in [-0.39, 0.29) is 16.7 Å². The molecule has 1 aromatic carbocycles. The lowest BCUT2D eigenvalue weighted by atomic mass is 9.93. The number of fused-ring (bicyclic) bond motifs is 1. The number of nitro groups is 1. The number of aryl methyl sites for hydroxylation is 1. The van der Waals surface area contributed by atoms with E-state index in [4.69, 9.17) is 5.73 Å². The Bertz CT molecular complexity index is 738. The fourth-order valence-electron chi connectivity index (χ4n) is 3.14. The van der Waals surface area contributed by atoms with Gasteiger partial charge < -0.3 is 11.1 Å². The second-order valence-electron chi connectivity index (χ2n) is 6.27. The quantitative estimate of drug-likeness (QED) is 0.513. The zero-order chi connectivity index (χ0) is 16.6. The number of anilines is 2. The summed E-state index contributed by atoms with van der Waals surface area (Å²) < 4.78 is 2.04. The maximum atomic E-state index is 11.2. The van der Waals surface area contributed by atoms with Gasteiger partial charge in [0.05, 0.1) is 11.1 Å². The van der Waals surface area contributed by atoms with E-state index in [0.29, 0.717) is 17.4 Å². The summed E-state index contributed by atoms with van der Waals surface area (Å²) in [6, 6.07) is 5.07. The van der Waals surface area contributed by atoms with Crippen LogP contribution in [-0.2, 0) is 12.8 Å². The lowest BCUT2D eigenvalue weighted by Gasteiger charge is -2.26. The fraction of sp³-hybridized carbons (Fsp3) is 0.438. The van der Waals surface area contributed by atoms with E-state index in [0.717, 1.165) is 19.3 Å². The van der Waals surface area contributed by atoms with Crippen LogP contribution in [0, 0.1) is 10.1 Å². The van der Waals surface area contributed by atoms with E-state index >= 15 is 0 Å². The van der Waals surface area contributed by atoms with Crippen LogP contribution >= 0.6 is 0 Å². The van der Waals surface area contributed by atoms with E-state index in [2.05, 4.69) is 24.3 Å². The molecule has 0 saturated carbocycles. The molecule has 122 valence electrons. The van der Waals surface area contributed by atoms with Gasteiger partial charge in [0.15, 0.2) is 0 Å². The summed E-state index contributed by atoms with van der Waals surface area (Å²) in [5.41, 5.74) is 9.33. The van der Waals surface area contributed by atoms with Gasteiger partial charge >= 0.3 is 0 Å². The molecule has 0 spiro atoms. The van der Waals surface area contributed by atoms with Crippen LogP contribution in [0.15, 0.2) is 24.4 Å². The molecule has 0 radical (unpaired) electrons. The van der Waals surface area contributed by atoms with Crippen molar-refractivity contribution >= 4 is 17.1 Å². The third-order valence-corrected chi connectivity index (χ3v) is 4.25. The number of hydrogen-bond acceptors (Lipinski definition) is 5. The molecule has 0 saturated heterocycles. The predicted molar refractivity (Wildman–Crippen MR) is 89.6 cm³/mol. The van der Waals surface area contributed by atoms with Crippen LogP contribution in [0.2, 0.25) is 0 Å². The topological polar surface area (TPSA) is 99.0 Å². The SMILES string of the molecule is CC(C)n1ncc2c1CC(Nc1cc(N)ccc1[N+](=O)[O-])CC2. The van der Waals surface area contributed by atoms with E-state index in [9.17, 15) is 10.1 Å². The average molecular weight is 315 g/mol. The Hall–Kier alpha value is -2.57. The predicted octanol–water partition coefficient (Wildman–Crippen LogP) is 2.92. The Morgan fingerprint density at radius 3 is 2.96 bits per heavy atom. The third-order valence-electron chi connectivity index (χ3n) is 4.25. The van der Waals surface area contributed by atoms with Crippen molar-refractivity contribution in [2.75, 3.05) is 11.1 Å². The highest BCUT2D eigenvalue weighted by Crippen LogP contribution is 2.30. The minimum Gasteiger partial charge on any atom is -0.399 e. The van der Waals surface area contributed by atoms with Crippen molar-refractivity contribution in [2.24, 2.45) is 0 Å². The van der Waals surface area contributed by atoms with Gasteiger partial charge in [-0.2, -0.15) is 5.10 Å². The molecule has 1 heterocycles. The molecule has 1 aliphatic carbocycles. The number of nitrogens with two attached hydrogens (primary N) is 1. The molecule has 7 nitrogen and oxygen atoms in total. The van der Waals surface area contributed by atoms with Gasteiger partial charge in [0.1, 0.15) is 5.69 Å². The normalized spacial score (nSPS) is 17.1. The van der Waals surface area contributed by atoms with Gasteiger partial charge in [-0.15, -0.1) is 0 Å². The van der Waals surface area contributed by atoms with Gasteiger partial charge in [-0.25, -0.2) is 0 Å². The molecule has 0 aliphatic heterocycles. The number of aromatic nitrogens is 2. The number of rotatable bonds is 4. The summed E-state index contributed by atoms with van der Waals surface area (Å²) in [5.74, 6) is 0. The van der Waals surface area contributed by atoms with Gasteiger partial charge in [0, 0.05) is 36.0 Å². The minimum atomic E-state index is -0.381. The number of nitrogens with one attached hydrogen (secondary N) is 1. The van der Waals surface area contributed by atoms with Crippen LogP contribution in [0.4, 0.5) is 17.1 Å². The van der Waals surface area contributed by atoms with Crippen molar-refractivity contribution in [3.05, 3.63) is 45.8 Å². The molecule has 1 unspecified atom stereocenters. The first-order chi connectivity index (χ1) is 11.0. The molecule has 2 aromatic rings. The number of nitrogens with zero attached hydrogens (tertiary/aromatic N) is 3. The van der Waals surface area contributed by atoms with Crippen LogP contribution in [0.1, 0.15) is 37.6 Å². The summed E-state index contributed by atoms with van der Waals surface area (Å²) >= 11 is 0. The van der Waals surface area contributed by atoms with Gasteiger partial charge in [-0.3, -0.25) is 14.8 Å². The van der Waals surface area contributed by atoms with Gasteiger partial charge in [0.25, 0.3) is 5.69 Å². The van der Waals surface area contributed by atoms with Crippen molar-refractivity contribution in [2.45, 2.75) is 45.2 Å². The van der Waals surface area contributed by atoms with Crippen LogP contribution in [0.25, 0.3) is 0 Å². The summed E-state index contributed by atoms with van der Waals surface area (Å²) in [5, 5.41) is 19.0. The second kappa shape index (κ2) is 5.91. The highest BCUT2D eigenvalue weighted by Gasteiger charge is 2.25. The minimum absolute atomic E-state index is 0.0577. The molecule has 0 fully saturated rings. The monoisotopic (exact) mass is 315 g/mol. The largest absolute Gasteiger partial charge is 0.399 e. The Kier molecular flexibility index (Phi) is 3.94. The standard InChI is InChI=1S/C16H21N5O2/c1-10(2)20-16-8-13(5-3-11(16)9-18-20)19-14-7-12(17)4-6-15(14)21(22)23/h4,6-7,9-10,13,19H,3,5,8,17H2,1-2H3. The number of nitrogen functional groups attached to an aromatic ring is 1. The van der Waals surface area contributed by atoms with Crippen molar-refractivity contribution in [1.82, 2.24) is 9.78 Å². The van der Waals surface area contributed by atoms with E-state index in [1.807, 2.05) is 10.9 Å². The molecule has 1 aliphatic rings. The Morgan fingerprint density at radius 1 is 1.48 bits per heavy atom. The Balaban J connectivity index is 1.84. The molecule has 0 amide bonds. The second-order valence-corrected chi connectivity index (χ2v) is 6.27. The molecule has 3 rings (SSSR count). The molecular formula is C16H21N5O2. The number of benzene rings is 1. The van der Waals surface area contributed by atoms with Crippen LogP contribution in [0.5, 0.6) is 0 Å². The molecule has 1 atom stereocenters. The summed E-state index contributed by atoms with van der Waals surface area (Å²) in [4.78, 5) is 10.8. The lowest BCUT2D eigenvalue weighted by molar-refractivity contribution is -0.384. The summed E-state index contributed by atoms with van der Waals surface area (Å²) in [7, 11) is 0. The van der Waals surface area contributed by atoms with E-state index in [1.165, 1.54) is 17.3 Å². The smallest absolute Gasteiger partial charge is 0.292 e. The van der Waals surface area contributed by atoms with Crippen LogP contribution in [-0.4, -0.2) is 20.7 Å². The third kappa shape index (κ3) is 2.99. The first-order valence-electron chi connectivity index (χ1n) is 7.81. The highest BCUT2D eigenvalue weighted by atomic mass is 16.6. The first kappa shape index (κ1) is 15.3. The van der Waals surface area contributed by atoms with Crippen LogP contribution < -0.4 is 11.1 Å². The average Bonchev–Trinajstić information content (AvgIpc) is 2.90. The number of hydrogen-bond donors (Lipinski definition) is 2. The summed E-state index contributed by atoms with van der Waals surface area (Å²) in [6.45, 7) is 4.21. The molecular weight excluding hydrogens is 294 g/mol. The zero-order valence-electron chi connectivity index (χ0n) is 13.3. The Labute approximate surface area is 134 Å². The Morgan fingerprint density at radius 2 is 2.26 bits per heavy atom. The van der Waals surface area contributed by atoms with Crippen LogP contribution in [0.3, 0.4) is 0 Å². The lowest BCUT2D eigenvalue weighted by Crippen LogP contribution is -2.29. The van der Waals surface area contributed by atoms with E-state index < -0.39 is 0 Å². The molecule has 0 bridgehead atoms. The zero-order valence-corrected chi connectivity index (χ0v) is 13.3. The van der Waals surface area contributed by atoms with Crippen molar-refractivity contribution in [3.63, 3.8) is 0 Å². The van der Waals surface area contributed by atoms with Gasteiger partial charge in [0.2, 0.25) is 0 Å². The van der Waals surface area contributed by atoms with Crippen molar-refractivity contribution in [3.8, 4) is 0 Å². The molecule has 23 heavy (non-hydrogen) atoms. The number of nitro benzene ring substituents is 1. The van der Waals surface area contributed by atoms with E-state index in [1.54, 1.807) is 12.1 Å². The molecule has 1 aromatic heterocycles. The first-order valence-corrected chi connectivity index (χ1v) is 7.81. The highest BCUT2D eigenvalue weighted by molar-refractivity contribution is 5.67. The van der Waals surface area contributed by atoms with Gasteiger partial charge in [-0.1, -0.05) is 0 Å². The van der Waals surface area contributed by atoms with Crippen molar-refractivity contribution < 1.29 is 4.92 Å². The maximum Gasteiger partial charge on any atom is 0.292 e.